The van der Waals surface area contributed by atoms with Crippen LogP contribution in [-0.4, -0.2) is 34.0 Å². The fraction of sp³-hybridized carbons (Fsp3) is 0.533. The summed E-state index contributed by atoms with van der Waals surface area (Å²) in [5.74, 6) is -0.402. The van der Waals surface area contributed by atoms with Gasteiger partial charge in [-0.3, -0.25) is 19.8 Å². The maximum atomic E-state index is 10.9. The van der Waals surface area contributed by atoms with Gasteiger partial charge in [0.05, 0.1) is 4.92 Å². The number of nitrogens with zero attached hydrogens (tertiary/aromatic N) is 2. The molecule has 1 saturated heterocycles. The molecule has 0 spiro atoms. The number of rotatable bonds is 6. The van der Waals surface area contributed by atoms with Crippen LogP contribution < -0.4 is 0 Å². The summed E-state index contributed by atoms with van der Waals surface area (Å²) in [4.78, 5) is 23.3. The van der Waals surface area contributed by atoms with E-state index in [0.717, 1.165) is 31.5 Å². The Labute approximate surface area is 133 Å². The van der Waals surface area contributed by atoms with Gasteiger partial charge in [0.15, 0.2) is 0 Å². The fourth-order valence-electron chi connectivity index (χ4n) is 2.89. The molecule has 7 heteroatoms. The lowest BCUT2D eigenvalue weighted by Crippen LogP contribution is -2.35. The molecule has 2 rings (SSSR count). The van der Waals surface area contributed by atoms with E-state index < -0.39 is 10.9 Å². The lowest BCUT2D eigenvalue weighted by atomic mass is 9.93. The van der Waals surface area contributed by atoms with E-state index in [1.807, 2.05) is 0 Å². The van der Waals surface area contributed by atoms with Crippen molar-refractivity contribution in [2.45, 2.75) is 32.2 Å². The summed E-state index contributed by atoms with van der Waals surface area (Å²) in [6.07, 6.45) is 2.91. The third-order valence-electron chi connectivity index (χ3n) is 4.00. The molecule has 1 atom stereocenters. The van der Waals surface area contributed by atoms with Gasteiger partial charge in [-0.25, -0.2) is 0 Å². The normalized spacial score (nSPS) is 19.0. The van der Waals surface area contributed by atoms with Crippen LogP contribution in [-0.2, 0) is 11.3 Å². The summed E-state index contributed by atoms with van der Waals surface area (Å²) in [6, 6.07) is 4.47. The van der Waals surface area contributed by atoms with Crippen molar-refractivity contribution in [1.29, 1.82) is 0 Å². The molecule has 0 bridgehead atoms. The molecule has 1 aromatic carbocycles. The summed E-state index contributed by atoms with van der Waals surface area (Å²) in [6.45, 7) is 2.28. The highest BCUT2D eigenvalue weighted by Gasteiger charge is 2.22. The molecule has 22 heavy (non-hydrogen) atoms. The number of halogens is 1. The molecule has 0 aliphatic carbocycles. The number of hydrogen-bond acceptors (Lipinski definition) is 4. The zero-order chi connectivity index (χ0) is 16.1. The number of carboxylic acids is 1. The minimum atomic E-state index is -0.765. The van der Waals surface area contributed by atoms with Gasteiger partial charge in [0, 0.05) is 36.7 Å². The molecule has 120 valence electrons. The highest BCUT2D eigenvalue weighted by molar-refractivity contribution is 6.31. The number of non-ortho nitro benzene ring substituents is 1. The molecule has 1 N–H and O–H groups in total. The number of carboxylic acid groups (broad SMARTS) is 1. The average molecular weight is 327 g/mol. The van der Waals surface area contributed by atoms with Crippen LogP contribution in [0, 0.1) is 16.0 Å². The first-order valence-corrected chi connectivity index (χ1v) is 7.70. The summed E-state index contributed by atoms with van der Waals surface area (Å²) in [5.41, 5.74) is 0.786. The molecular weight excluding hydrogens is 308 g/mol. The summed E-state index contributed by atoms with van der Waals surface area (Å²) >= 11 is 6.13. The molecule has 0 radical (unpaired) electrons. The number of nitro groups is 1. The third kappa shape index (κ3) is 4.68. The Morgan fingerprint density at radius 2 is 2.27 bits per heavy atom. The lowest BCUT2D eigenvalue weighted by molar-refractivity contribution is -0.384. The van der Waals surface area contributed by atoms with E-state index in [9.17, 15) is 14.9 Å². The van der Waals surface area contributed by atoms with Crippen molar-refractivity contribution >= 4 is 23.3 Å². The van der Waals surface area contributed by atoms with Gasteiger partial charge in [-0.15, -0.1) is 0 Å². The number of nitro benzene ring substituents is 1. The highest BCUT2D eigenvalue weighted by Crippen LogP contribution is 2.27. The summed E-state index contributed by atoms with van der Waals surface area (Å²) in [5, 5.41) is 20.1. The zero-order valence-electron chi connectivity index (χ0n) is 12.2. The van der Waals surface area contributed by atoms with Gasteiger partial charge < -0.3 is 5.11 Å². The van der Waals surface area contributed by atoms with E-state index >= 15 is 0 Å². The van der Waals surface area contributed by atoms with E-state index in [0.29, 0.717) is 23.9 Å². The van der Waals surface area contributed by atoms with Crippen molar-refractivity contribution in [3.63, 3.8) is 0 Å². The van der Waals surface area contributed by atoms with E-state index in [1.165, 1.54) is 12.1 Å². The highest BCUT2D eigenvalue weighted by atomic mass is 35.5. The van der Waals surface area contributed by atoms with E-state index in [1.54, 1.807) is 6.07 Å². The predicted octanol–water partition coefficient (Wildman–Crippen LogP) is 3.33. The van der Waals surface area contributed by atoms with Crippen LogP contribution in [0.2, 0.25) is 5.02 Å². The van der Waals surface area contributed by atoms with E-state index in [-0.39, 0.29) is 12.1 Å². The standard InChI is InChI=1S/C15H19ClN2O4/c16-14-5-4-13(18(21)22)8-12(14)10-17-7-1-2-11(9-17)3-6-15(19)20/h4-5,8,11H,1-3,6-7,9-10H2,(H,19,20). The van der Waals surface area contributed by atoms with Crippen LogP contribution in [0.3, 0.4) is 0 Å². The number of benzene rings is 1. The smallest absolute Gasteiger partial charge is 0.303 e. The molecule has 6 nitrogen and oxygen atoms in total. The van der Waals surface area contributed by atoms with Crippen molar-refractivity contribution in [2.24, 2.45) is 5.92 Å². The Morgan fingerprint density at radius 3 is 2.95 bits per heavy atom. The molecule has 0 aromatic heterocycles. The number of aliphatic carboxylic acids is 1. The lowest BCUT2D eigenvalue weighted by Gasteiger charge is -2.32. The van der Waals surface area contributed by atoms with Gasteiger partial charge >= 0.3 is 5.97 Å². The van der Waals surface area contributed by atoms with Gasteiger partial charge in [0.2, 0.25) is 0 Å². The fourth-order valence-corrected chi connectivity index (χ4v) is 3.07. The largest absolute Gasteiger partial charge is 0.481 e. The van der Waals surface area contributed by atoms with Gasteiger partial charge in [0.1, 0.15) is 0 Å². The van der Waals surface area contributed by atoms with Crippen molar-refractivity contribution in [2.75, 3.05) is 13.1 Å². The second kappa shape index (κ2) is 7.56. The molecule has 0 saturated carbocycles. The second-order valence-corrected chi connectivity index (χ2v) is 6.12. The number of hydrogen-bond donors (Lipinski definition) is 1. The predicted molar refractivity (Wildman–Crippen MR) is 83.0 cm³/mol. The number of likely N-dealkylation sites (tertiary alicyclic amines) is 1. The Hall–Kier alpha value is -1.66. The van der Waals surface area contributed by atoms with Gasteiger partial charge in [-0.1, -0.05) is 11.6 Å². The first-order valence-electron chi connectivity index (χ1n) is 7.32. The quantitative estimate of drug-likeness (QED) is 0.640. The van der Waals surface area contributed by atoms with Crippen LogP contribution in [0.25, 0.3) is 0 Å². The zero-order valence-corrected chi connectivity index (χ0v) is 13.0. The third-order valence-corrected chi connectivity index (χ3v) is 4.37. The van der Waals surface area contributed by atoms with Gasteiger partial charge in [0.25, 0.3) is 5.69 Å². The minimum Gasteiger partial charge on any atom is -0.481 e. The van der Waals surface area contributed by atoms with E-state index in [2.05, 4.69) is 4.90 Å². The van der Waals surface area contributed by atoms with Crippen LogP contribution in [0.4, 0.5) is 5.69 Å². The number of piperidine rings is 1. The van der Waals surface area contributed by atoms with Gasteiger partial charge in [-0.2, -0.15) is 0 Å². The van der Waals surface area contributed by atoms with E-state index in [4.69, 9.17) is 16.7 Å². The first kappa shape index (κ1) is 16.7. The summed E-state index contributed by atoms with van der Waals surface area (Å²) < 4.78 is 0. The monoisotopic (exact) mass is 326 g/mol. The van der Waals surface area contributed by atoms with Crippen molar-refractivity contribution < 1.29 is 14.8 Å². The maximum absolute atomic E-state index is 10.9. The Morgan fingerprint density at radius 1 is 1.50 bits per heavy atom. The SMILES string of the molecule is O=C(O)CCC1CCCN(Cc2cc([N+](=O)[O-])ccc2Cl)C1. The topological polar surface area (TPSA) is 83.7 Å². The molecule has 1 unspecified atom stereocenters. The number of carbonyl (C=O) groups is 1. The Kier molecular flexibility index (Phi) is 5.74. The van der Waals surface area contributed by atoms with Crippen molar-refractivity contribution in [3.8, 4) is 0 Å². The molecule has 1 aliphatic heterocycles. The van der Waals surface area contributed by atoms with Crippen LogP contribution in [0.1, 0.15) is 31.2 Å². The van der Waals surface area contributed by atoms with Crippen molar-refractivity contribution in [3.05, 3.63) is 38.9 Å². The molecular formula is C15H19ClN2O4. The molecule has 1 fully saturated rings. The van der Waals surface area contributed by atoms with Crippen LogP contribution >= 0.6 is 11.6 Å². The second-order valence-electron chi connectivity index (χ2n) is 5.71. The minimum absolute atomic E-state index is 0.0406. The Balaban J connectivity index is 1.99. The molecule has 1 aromatic rings. The Bertz CT molecular complexity index is 564. The van der Waals surface area contributed by atoms with Crippen LogP contribution in [0.15, 0.2) is 18.2 Å². The van der Waals surface area contributed by atoms with Crippen molar-refractivity contribution in [1.82, 2.24) is 4.90 Å². The molecule has 0 amide bonds. The maximum Gasteiger partial charge on any atom is 0.303 e. The molecule has 1 heterocycles. The first-order chi connectivity index (χ1) is 10.5. The van der Waals surface area contributed by atoms with Gasteiger partial charge in [-0.05, 0) is 43.4 Å². The average Bonchev–Trinajstić information content (AvgIpc) is 2.47. The van der Waals surface area contributed by atoms with Crippen LogP contribution in [0.5, 0.6) is 0 Å². The molecule has 1 aliphatic rings. The summed E-state index contributed by atoms with van der Waals surface area (Å²) in [7, 11) is 0.